The number of carbonyl (C=O) groups is 1. The maximum absolute atomic E-state index is 12.7. The van der Waals surface area contributed by atoms with Crippen LogP contribution in [0.1, 0.15) is 10.4 Å². The third kappa shape index (κ3) is 4.36. The molecule has 0 saturated carbocycles. The van der Waals surface area contributed by atoms with Gasteiger partial charge in [-0.3, -0.25) is 4.79 Å². The summed E-state index contributed by atoms with van der Waals surface area (Å²) in [5.41, 5.74) is 3.54. The second-order valence-corrected chi connectivity index (χ2v) is 7.04. The van der Waals surface area contributed by atoms with Crippen molar-refractivity contribution in [2.75, 3.05) is 19.5 Å². The lowest BCUT2D eigenvalue weighted by Crippen LogP contribution is -2.13. The summed E-state index contributed by atoms with van der Waals surface area (Å²) < 4.78 is 12.2. The maximum Gasteiger partial charge on any atom is 0.255 e. The molecule has 3 aromatic carbocycles. The van der Waals surface area contributed by atoms with E-state index in [1.807, 2.05) is 36.4 Å². The van der Waals surface area contributed by atoms with Crippen LogP contribution in [0, 0.1) is 0 Å². The van der Waals surface area contributed by atoms with Gasteiger partial charge in [0.25, 0.3) is 5.91 Å². The highest BCUT2D eigenvalue weighted by molar-refractivity contribution is 6.30. The van der Waals surface area contributed by atoms with Crippen LogP contribution in [0.5, 0.6) is 11.5 Å². The Morgan fingerprint density at radius 1 is 0.968 bits per heavy atom. The molecule has 0 atom stereocenters. The third-order valence-electron chi connectivity index (χ3n) is 4.72. The molecule has 31 heavy (non-hydrogen) atoms. The zero-order valence-electron chi connectivity index (χ0n) is 16.9. The van der Waals surface area contributed by atoms with Crippen molar-refractivity contribution in [3.63, 3.8) is 0 Å². The molecule has 0 spiro atoms. The normalized spacial score (nSPS) is 10.5. The highest BCUT2D eigenvalue weighted by Gasteiger charge is 2.13. The SMILES string of the molecule is COc1ccc(OC)c(NC(=O)c2ccc(-n3nncc3-c3ccc(Cl)cc3)cc2)c1. The highest BCUT2D eigenvalue weighted by Crippen LogP contribution is 2.29. The second kappa shape index (κ2) is 8.89. The Bertz CT molecular complexity index is 1200. The van der Waals surface area contributed by atoms with E-state index < -0.39 is 0 Å². The van der Waals surface area contributed by atoms with Gasteiger partial charge < -0.3 is 14.8 Å². The number of nitrogens with zero attached hydrogens (tertiary/aromatic N) is 3. The lowest BCUT2D eigenvalue weighted by Gasteiger charge is -2.12. The van der Waals surface area contributed by atoms with Crippen molar-refractivity contribution in [2.45, 2.75) is 0 Å². The predicted molar refractivity (Wildman–Crippen MR) is 119 cm³/mol. The molecule has 0 saturated heterocycles. The molecule has 8 heteroatoms. The number of nitrogens with one attached hydrogen (secondary N) is 1. The van der Waals surface area contributed by atoms with Gasteiger partial charge in [-0.15, -0.1) is 5.10 Å². The molecule has 4 rings (SSSR count). The largest absolute Gasteiger partial charge is 0.497 e. The van der Waals surface area contributed by atoms with Gasteiger partial charge in [0, 0.05) is 22.2 Å². The summed E-state index contributed by atoms with van der Waals surface area (Å²) >= 11 is 5.98. The van der Waals surface area contributed by atoms with E-state index in [0.717, 1.165) is 16.9 Å². The minimum absolute atomic E-state index is 0.269. The number of benzene rings is 3. The van der Waals surface area contributed by atoms with E-state index in [9.17, 15) is 4.79 Å². The Labute approximate surface area is 184 Å². The molecule has 0 fully saturated rings. The van der Waals surface area contributed by atoms with E-state index >= 15 is 0 Å². The first kappa shape index (κ1) is 20.4. The minimum atomic E-state index is -0.269. The van der Waals surface area contributed by atoms with E-state index in [-0.39, 0.29) is 5.91 Å². The van der Waals surface area contributed by atoms with Crippen LogP contribution >= 0.6 is 11.6 Å². The van der Waals surface area contributed by atoms with Gasteiger partial charge in [0.2, 0.25) is 0 Å². The number of hydrogen-bond donors (Lipinski definition) is 1. The smallest absolute Gasteiger partial charge is 0.255 e. The number of rotatable bonds is 6. The van der Waals surface area contributed by atoms with Crippen LogP contribution < -0.4 is 14.8 Å². The Kier molecular flexibility index (Phi) is 5.86. The summed E-state index contributed by atoms with van der Waals surface area (Å²) in [4.78, 5) is 12.7. The van der Waals surface area contributed by atoms with Gasteiger partial charge in [-0.1, -0.05) is 28.9 Å². The number of halogens is 1. The fourth-order valence-corrected chi connectivity index (χ4v) is 3.23. The Morgan fingerprint density at radius 2 is 1.71 bits per heavy atom. The van der Waals surface area contributed by atoms with E-state index in [1.54, 1.807) is 55.4 Å². The van der Waals surface area contributed by atoms with Crippen LogP contribution in [0.2, 0.25) is 5.02 Å². The predicted octanol–water partition coefficient (Wildman–Crippen LogP) is 4.86. The van der Waals surface area contributed by atoms with Crippen LogP contribution in [0.15, 0.2) is 72.9 Å². The first-order valence-electron chi connectivity index (χ1n) is 9.39. The molecule has 156 valence electrons. The average Bonchev–Trinajstić information content (AvgIpc) is 3.29. The fraction of sp³-hybridized carbons (Fsp3) is 0.0870. The highest BCUT2D eigenvalue weighted by atomic mass is 35.5. The van der Waals surface area contributed by atoms with Crippen molar-refractivity contribution in [3.8, 4) is 28.4 Å². The standard InChI is InChI=1S/C23H19ClN4O3/c1-30-19-11-12-22(31-2)20(13-19)26-23(29)16-5-9-18(10-6-16)28-21(14-25-27-28)15-3-7-17(24)8-4-15/h3-14H,1-2H3,(H,26,29). The van der Waals surface area contributed by atoms with Gasteiger partial charge in [0.1, 0.15) is 11.5 Å². The number of methoxy groups -OCH3 is 2. The van der Waals surface area contributed by atoms with Gasteiger partial charge in [-0.05, 0) is 48.5 Å². The van der Waals surface area contributed by atoms with Crippen LogP contribution in [-0.2, 0) is 0 Å². The number of anilines is 1. The van der Waals surface area contributed by atoms with Crippen LogP contribution in [0.4, 0.5) is 5.69 Å². The van der Waals surface area contributed by atoms with Crippen molar-refractivity contribution < 1.29 is 14.3 Å². The minimum Gasteiger partial charge on any atom is -0.497 e. The molecule has 0 aliphatic heterocycles. The van der Waals surface area contributed by atoms with Gasteiger partial charge in [0.15, 0.2) is 0 Å². The van der Waals surface area contributed by atoms with Gasteiger partial charge in [-0.2, -0.15) is 0 Å². The lowest BCUT2D eigenvalue weighted by atomic mass is 10.1. The van der Waals surface area contributed by atoms with E-state index in [1.165, 1.54) is 0 Å². The molecule has 1 amide bonds. The average molecular weight is 435 g/mol. The topological polar surface area (TPSA) is 78.3 Å². The zero-order valence-corrected chi connectivity index (χ0v) is 17.6. The molecular weight excluding hydrogens is 416 g/mol. The van der Waals surface area contributed by atoms with Crippen LogP contribution in [0.25, 0.3) is 16.9 Å². The summed E-state index contributed by atoms with van der Waals surface area (Å²) in [5.74, 6) is 0.892. The summed E-state index contributed by atoms with van der Waals surface area (Å²) in [6, 6.07) is 19.7. The van der Waals surface area contributed by atoms with E-state index in [2.05, 4.69) is 15.6 Å². The fourth-order valence-electron chi connectivity index (χ4n) is 3.10. The molecule has 1 N–H and O–H groups in total. The Hall–Kier alpha value is -3.84. The Morgan fingerprint density at radius 3 is 2.39 bits per heavy atom. The molecule has 7 nitrogen and oxygen atoms in total. The summed E-state index contributed by atoms with van der Waals surface area (Å²) in [6.45, 7) is 0. The molecule has 0 radical (unpaired) electrons. The maximum atomic E-state index is 12.7. The zero-order chi connectivity index (χ0) is 21.8. The first-order valence-corrected chi connectivity index (χ1v) is 9.77. The van der Waals surface area contributed by atoms with Gasteiger partial charge >= 0.3 is 0 Å². The molecule has 0 bridgehead atoms. The number of hydrogen-bond acceptors (Lipinski definition) is 5. The summed E-state index contributed by atoms with van der Waals surface area (Å²) in [6.07, 6.45) is 1.68. The van der Waals surface area contributed by atoms with E-state index in [4.69, 9.17) is 21.1 Å². The van der Waals surface area contributed by atoms with E-state index in [0.29, 0.717) is 27.8 Å². The number of carbonyl (C=O) groups excluding carboxylic acids is 1. The van der Waals surface area contributed by atoms with Crippen molar-refractivity contribution in [1.29, 1.82) is 0 Å². The third-order valence-corrected chi connectivity index (χ3v) is 4.97. The monoisotopic (exact) mass is 434 g/mol. The summed E-state index contributed by atoms with van der Waals surface area (Å²) in [5, 5.41) is 11.7. The number of amides is 1. The van der Waals surface area contributed by atoms with Crippen molar-refractivity contribution in [3.05, 3.63) is 83.5 Å². The lowest BCUT2D eigenvalue weighted by molar-refractivity contribution is 0.102. The van der Waals surface area contributed by atoms with Crippen LogP contribution in [0.3, 0.4) is 0 Å². The molecule has 1 aromatic heterocycles. The molecule has 0 aliphatic carbocycles. The number of ether oxygens (including phenoxy) is 2. The summed E-state index contributed by atoms with van der Waals surface area (Å²) in [7, 11) is 3.11. The van der Waals surface area contributed by atoms with Crippen molar-refractivity contribution >= 4 is 23.2 Å². The van der Waals surface area contributed by atoms with Crippen molar-refractivity contribution in [2.24, 2.45) is 0 Å². The Balaban J connectivity index is 1.57. The molecular formula is C23H19ClN4O3. The first-order chi connectivity index (χ1) is 15.1. The number of aromatic nitrogens is 3. The van der Waals surface area contributed by atoms with Gasteiger partial charge in [0.05, 0.1) is 37.5 Å². The molecule has 0 unspecified atom stereocenters. The quantitative estimate of drug-likeness (QED) is 0.469. The molecule has 1 heterocycles. The molecule has 4 aromatic rings. The van der Waals surface area contributed by atoms with Crippen LogP contribution in [-0.4, -0.2) is 35.1 Å². The van der Waals surface area contributed by atoms with Gasteiger partial charge in [-0.25, -0.2) is 4.68 Å². The van der Waals surface area contributed by atoms with Crippen molar-refractivity contribution in [1.82, 2.24) is 15.0 Å². The molecule has 0 aliphatic rings. The second-order valence-electron chi connectivity index (χ2n) is 6.61.